The van der Waals surface area contributed by atoms with Crippen LogP contribution in [0, 0.1) is 5.92 Å². The van der Waals surface area contributed by atoms with Crippen molar-refractivity contribution in [2.75, 3.05) is 39.8 Å². The third-order valence-electron chi connectivity index (χ3n) is 4.50. The number of likely N-dealkylation sites (N-methyl/N-ethyl adjacent to an activating group) is 1. The first-order valence-electron chi connectivity index (χ1n) is 6.48. The molecule has 2 unspecified atom stereocenters. The van der Waals surface area contributed by atoms with E-state index in [0.29, 0.717) is 0 Å². The van der Waals surface area contributed by atoms with Crippen molar-refractivity contribution in [2.45, 2.75) is 31.3 Å². The second-order valence-electron chi connectivity index (χ2n) is 5.66. The predicted octanol–water partition coefficient (Wildman–Crippen LogP) is 0.374. The molecule has 0 amide bonds. The summed E-state index contributed by atoms with van der Waals surface area (Å²) in [5.74, 6) is 0.973. The topological polar surface area (TPSA) is 18.5 Å². The minimum Gasteiger partial charge on any atom is -0.308 e. The van der Waals surface area contributed by atoms with E-state index in [1.807, 2.05) is 0 Å². The number of nitrogens with zero attached hydrogens (tertiary/aromatic N) is 2. The lowest BCUT2D eigenvalue weighted by molar-refractivity contribution is 0.0676. The van der Waals surface area contributed by atoms with Gasteiger partial charge >= 0.3 is 0 Å². The van der Waals surface area contributed by atoms with Gasteiger partial charge in [0.1, 0.15) is 0 Å². The number of fused-ring (bicyclic) bond motifs is 3. The van der Waals surface area contributed by atoms with Crippen molar-refractivity contribution in [3.05, 3.63) is 0 Å². The zero-order valence-corrected chi connectivity index (χ0v) is 9.78. The zero-order chi connectivity index (χ0) is 10.3. The van der Waals surface area contributed by atoms with Crippen LogP contribution in [-0.2, 0) is 0 Å². The maximum absolute atomic E-state index is 3.90. The van der Waals surface area contributed by atoms with E-state index in [0.717, 1.165) is 18.0 Å². The zero-order valence-electron chi connectivity index (χ0n) is 9.78. The quantitative estimate of drug-likeness (QED) is 0.709. The molecule has 0 aromatic heterocycles. The van der Waals surface area contributed by atoms with Crippen molar-refractivity contribution in [3.63, 3.8) is 0 Å². The van der Waals surface area contributed by atoms with Gasteiger partial charge in [-0.1, -0.05) is 0 Å². The highest BCUT2D eigenvalue weighted by molar-refractivity contribution is 4.93. The van der Waals surface area contributed by atoms with Gasteiger partial charge in [0.15, 0.2) is 0 Å². The molecular weight excluding hydrogens is 186 g/mol. The van der Waals surface area contributed by atoms with Gasteiger partial charge in [-0.05, 0) is 51.9 Å². The van der Waals surface area contributed by atoms with Gasteiger partial charge in [0.2, 0.25) is 0 Å². The molecule has 1 N–H and O–H groups in total. The molecule has 0 aromatic rings. The summed E-state index contributed by atoms with van der Waals surface area (Å²) in [6.07, 6.45) is 4.21. The SMILES string of the molecule is CN1CCC(NC2CN3CCC2CC3)C1. The highest BCUT2D eigenvalue weighted by Crippen LogP contribution is 2.28. The molecule has 86 valence electrons. The Hall–Kier alpha value is -0.120. The van der Waals surface area contributed by atoms with Crippen LogP contribution in [0.25, 0.3) is 0 Å². The summed E-state index contributed by atoms with van der Waals surface area (Å²) in [5.41, 5.74) is 0. The molecule has 0 saturated carbocycles. The van der Waals surface area contributed by atoms with Crippen LogP contribution < -0.4 is 5.32 Å². The van der Waals surface area contributed by atoms with Crippen molar-refractivity contribution in [1.29, 1.82) is 0 Å². The second-order valence-corrected chi connectivity index (χ2v) is 5.66. The van der Waals surface area contributed by atoms with Crippen LogP contribution in [-0.4, -0.2) is 61.7 Å². The van der Waals surface area contributed by atoms with E-state index >= 15 is 0 Å². The van der Waals surface area contributed by atoms with Crippen molar-refractivity contribution in [3.8, 4) is 0 Å². The Balaban J connectivity index is 1.55. The van der Waals surface area contributed by atoms with Crippen LogP contribution >= 0.6 is 0 Å². The molecule has 2 atom stereocenters. The van der Waals surface area contributed by atoms with Gasteiger partial charge in [-0.25, -0.2) is 0 Å². The highest BCUT2D eigenvalue weighted by atomic mass is 15.2. The van der Waals surface area contributed by atoms with E-state index in [9.17, 15) is 0 Å². The third-order valence-corrected chi connectivity index (χ3v) is 4.50. The maximum Gasteiger partial charge on any atom is 0.0227 e. The average Bonchev–Trinajstić information content (AvgIpc) is 2.66. The Labute approximate surface area is 92.8 Å². The van der Waals surface area contributed by atoms with Gasteiger partial charge in [0.05, 0.1) is 0 Å². The normalized spacial score (nSPS) is 46.2. The fraction of sp³-hybridized carbons (Fsp3) is 1.00. The van der Waals surface area contributed by atoms with E-state index in [2.05, 4.69) is 22.2 Å². The molecule has 0 aromatic carbocycles. The van der Waals surface area contributed by atoms with Crippen LogP contribution in [0.4, 0.5) is 0 Å². The molecule has 2 bridgehead atoms. The largest absolute Gasteiger partial charge is 0.308 e. The standard InChI is InChI=1S/C12H23N3/c1-14-5-4-11(8-14)13-12-9-15-6-2-10(12)3-7-15/h10-13H,2-9H2,1H3. The summed E-state index contributed by atoms with van der Waals surface area (Å²) in [6, 6.07) is 1.56. The van der Waals surface area contributed by atoms with E-state index in [1.165, 1.54) is 52.0 Å². The van der Waals surface area contributed by atoms with Crippen LogP contribution in [0.3, 0.4) is 0 Å². The summed E-state index contributed by atoms with van der Waals surface area (Å²) in [6.45, 7) is 6.55. The first-order chi connectivity index (χ1) is 7.31. The average molecular weight is 209 g/mol. The molecule has 4 saturated heterocycles. The van der Waals surface area contributed by atoms with Crippen molar-refractivity contribution in [1.82, 2.24) is 15.1 Å². The van der Waals surface area contributed by atoms with E-state index < -0.39 is 0 Å². The van der Waals surface area contributed by atoms with Crippen LogP contribution in [0.5, 0.6) is 0 Å². The summed E-state index contributed by atoms with van der Waals surface area (Å²) in [5, 5.41) is 3.90. The summed E-state index contributed by atoms with van der Waals surface area (Å²) >= 11 is 0. The highest BCUT2D eigenvalue weighted by Gasteiger charge is 2.35. The summed E-state index contributed by atoms with van der Waals surface area (Å²) < 4.78 is 0. The molecule has 4 heterocycles. The van der Waals surface area contributed by atoms with Crippen LogP contribution in [0.1, 0.15) is 19.3 Å². The summed E-state index contributed by atoms with van der Waals surface area (Å²) in [7, 11) is 2.23. The predicted molar refractivity (Wildman–Crippen MR) is 62.0 cm³/mol. The molecule has 3 nitrogen and oxygen atoms in total. The second kappa shape index (κ2) is 4.04. The fourth-order valence-corrected chi connectivity index (χ4v) is 3.53. The van der Waals surface area contributed by atoms with Gasteiger partial charge in [-0.2, -0.15) is 0 Å². The Kier molecular flexibility index (Phi) is 2.71. The van der Waals surface area contributed by atoms with Crippen molar-refractivity contribution < 1.29 is 0 Å². The van der Waals surface area contributed by atoms with E-state index in [-0.39, 0.29) is 0 Å². The monoisotopic (exact) mass is 209 g/mol. The number of hydrogen-bond acceptors (Lipinski definition) is 3. The Morgan fingerprint density at radius 3 is 2.33 bits per heavy atom. The lowest BCUT2D eigenvalue weighted by atomic mass is 9.83. The molecule has 4 aliphatic heterocycles. The molecule has 0 spiro atoms. The van der Waals surface area contributed by atoms with Gasteiger partial charge in [0.25, 0.3) is 0 Å². The Morgan fingerprint density at radius 1 is 1.00 bits per heavy atom. The number of likely N-dealkylation sites (tertiary alicyclic amines) is 1. The van der Waals surface area contributed by atoms with Gasteiger partial charge in [0, 0.05) is 25.2 Å². The molecule has 0 aliphatic carbocycles. The fourth-order valence-electron chi connectivity index (χ4n) is 3.53. The van der Waals surface area contributed by atoms with E-state index in [4.69, 9.17) is 0 Å². The third kappa shape index (κ3) is 2.05. The minimum atomic E-state index is 0.764. The number of hydrogen-bond donors (Lipinski definition) is 1. The van der Waals surface area contributed by atoms with Crippen LogP contribution in [0.2, 0.25) is 0 Å². The molecule has 3 heteroatoms. The van der Waals surface area contributed by atoms with Gasteiger partial charge < -0.3 is 15.1 Å². The molecule has 4 rings (SSSR count). The smallest absolute Gasteiger partial charge is 0.0227 e. The Bertz CT molecular complexity index is 223. The lowest BCUT2D eigenvalue weighted by Crippen LogP contribution is -2.58. The summed E-state index contributed by atoms with van der Waals surface area (Å²) in [4.78, 5) is 5.08. The number of rotatable bonds is 2. The maximum atomic E-state index is 3.90. The molecule has 0 radical (unpaired) electrons. The number of piperidine rings is 3. The first-order valence-corrected chi connectivity index (χ1v) is 6.48. The molecule has 4 fully saturated rings. The molecule has 4 aliphatic rings. The first kappa shape index (κ1) is 10.1. The van der Waals surface area contributed by atoms with E-state index in [1.54, 1.807) is 0 Å². The van der Waals surface area contributed by atoms with Crippen molar-refractivity contribution >= 4 is 0 Å². The van der Waals surface area contributed by atoms with Gasteiger partial charge in [-0.3, -0.25) is 0 Å². The number of nitrogens with one attached hydrogen (secondary N) is 1. The van der Waals surface area contributed by atoms with Crippen LogP contribution in [0.15, 0.2) is 0 Å². The van der Waals surface area contributed by atoms with Gasteiger partial charge in [-0.15, -0.1) is 0 Å². The Morgan fingerprint density at radius 2 is 1.80 bits per heavy atom. The minimum absolute atomic E-state index is 0.764. The molecular formula is C12H23N3. The van der Waals surface area contributed by atoms with Crippen molar-refractivity contribution in [2.24, 2.45) is 5.92 Å². The molecule has 15 heavy (non-hydrogen) atoms. The lowest BCUT2D eigenvalue weighted by Gasteiger charge is -2.46.